The molecule has 0 aromatic carbocycles. The molecule has 0 aliphatic carbocycles. The Bertz CT molecular complexity index is 592. The summed E-state index contributed by atoms with van der Waals surface area (Å²) in [5.74, 6) is 0. The van der Waals surface area contributed by atoms with Crippen molar-refractivity contribution in [1.82, 2.24) is 0 Å². The molecule has 25 heavy (non-hydrogen) atoms. The Hall–Kier alpha value is -0.520. The highest BCUT2D eigenvalue weighted by atomic mass is 31.2. The van der Waals surface area contributed by atoms with Crippen molar-refractivity contribution >= 4 is 15.2 Å². The molecule has 0 aliphatic heterocycles. The molecule has 7 nitrogen and oxygen atoms in total. The molecule has 0 radical (unpaired) electrons. The van der Waals surface area contributed by atoms with Gasteiger partial charge in [0.15, 0.2) is 0 Å². The van der Waals surface area contributed by atoms with E-state index in [4.69, 9.17) is 4.74 Å². The van der Waals surface area contributed by atoms with E-state index in [1.54, 1.807) is 20.8 Å². The van der Waals surface area contributed by atoms with Gasteiger partial charge in [-0.05, 0) is 47.5 Å². The van der Waals surface area contributed by atoms with Gasteiger partial charge >= 0.3 is 15.2 Å². The third-order valence-corrected chi connectivity index (χ3v) is 7.53. The first-order valence-corrected chi connectivity index (χ1v) is 11.1. The van der Waals surface area contributed by atoms with Crippen LogP contribution in [0.3, 0.4) is 0 Å². The van der Waals surface area contributed by atoms with Crippen LogP contribution in [0.15, 0.2) is 34.9 Å². The molecular formula is C16H30O7P2. The van der Waals surface area contributed by atoms with Crippen molar-refractivity contribution in [1.29, 1.82) is 0 Å². The van der Waals surface area contributed by atoms with Crippen molar-refractivity contribution in [3.63, 3.8) is 0 Å². The van der Waals surface area contributed by atoms with Crippen LogP contribution in [0.1, 0.15) is 53.9 Å². The van der Waals surface area contributed by atoms with Gasteiger partial charge in [0.1, 0.15) is 0 Å². The van der Waals surface area contributed by atoms with E-state index in [1.807, 2.05) is 19.9 Å². The maximum Gasteiger partial charge on any atom is 0.370 e. The SMILES string of the molecule is CC(C)=CCC/C(C)=C/CC(OCC=C(C)C)(P(=O)(O)O)P(=O)(O)O. The van der Waals surface area contributed by atoms with Gasteiger partial charge in [0.2, 0.25) is 0 Å². The van der Waals surface area contributed by atoms with E-state index in [-0.39, 0.29) is 6.61 Å². The smallest absolute Gasteiger partial charge is 0.347 e. The Morgan fingerprint density at radius 1 is 0.880 bits per heavy atom. The highest BCUT2D eigenvalue weighted by molar-refractivity contribution is 7.72. The quantitative estimate of drug-likeness (QED) is 0.324. The fourth-order valence-corrected chi connectivity index (χ4v) is 4.48. The molecule has 0 spiro atoms. The second kappa shape index (κ2) is 9.98. The Balaban J connectivity index is 5.58. The molecule has 0 rings (SSSR count). The minimum Gasteiger partial charge on any atom is -0.347 e. The highest BCUT2D eigenvalue weighted by Gasteiger charge is 2.61. The zero-order chi connectivity index (χ0) is 19.9. The fraction of sp³-hybridized carbons (Fsp3) is 0.625. The van der Waals surface area contributed by atoms with E-state index >= 15 is 0 Å². The van der Waals surface area contributed by atoms with Gasteiger partial charge in [-0.3, -0.25) is 9.13 Å². The zero-order valence-electron chi connectivity index (χ0n) is 15.5. The lowest BCUT2D eigenvalue weighted by Gasteiger charge is -2.33. The summed E-state index contributed by atoms with van der Waals surface area (Å²) in [6, 6.07) is 0. The molecule has 146 valence electrons. The molecule has 0 bridgehead atoms. The van der Waals surface area contributed by atoms with Crippen LogP contribution >= 0.6 is 15.2 Å². The predicted octanol–water partition coefficient (Wildman–Crippen LogP) is 4.06. The average molecular weight is 396 g/mol. The molecule has 0 saturated carbocycles. The van der Waals surface area contributed by atoms with Crippen LogP contribution in [0.5, 0.6) is 0 Å². The van der Waals surface area contributed by atoms with Crippen LogP contribution in [-0.4, -0.2) is 31.3 Å². The number of hydrogen-bond acceptors (Lipinski definition) is 3. The van der Waals surface area contributed by atoms with Crippen LogP contribution in [0, 0.1) is 0 Å². The maximum absolute atomic E-state index is 11.9. The van der Waals surface area contributed by atoms with E-state index < -0.39 is 26.7 Å². The molecule has 0 unspecified atom stereocenters. The van der Waals surface area contributed by atoms with Crippen molar-refractivity contribution < 1.29 is 33.4 Å². The maximum atomic E-state index is 11.9. The first kappa shape index (κ1) is 24.5. The number of rotatable bonds is 10. The van der Waals surface area contributed by atoms with E-state index in [1.165, 1.54) is 12.2 Å². The normalized spacial score (nSPS) is 13.6. The Morgan fingerprint density at radius 2 is 1.36 bits per heavy atom. The van der Waals surface area contributed by atoms with Crippen molar-refractivity contribution in [2.24, 2.45) is 0 Å². The summed E-state index contributed by atoms with van der Waals surface area (Å²) in [6.45, 7) is 8.86. The predicted molar refractivity (Wildman–Crippen MR) is 99.2 cm³/mol. The molecule has 9 heteroatoms. The van der Waals surface area contributed by atoms with Crippen LogP contribution in [0.25, 0.3) is 0 Å². The van der Waals surface area contributed by atoms with Gasteiger partial charge < -0.3 is 24.3 Å². The largest absolute Gasteiger partial charge is 0.370 e. The lowest BCUT2D eigenvalue weighted by atomic mass is 10.1. The van der Waals surface area contributed by atoms with Crippen LogP contribution in [0.2, 0.25) is 0 Å². The highest BCUT2D eigenvalue weighted by Crippen LogP contribution is 2.71. The van der Waals surface area contributed by atoms with Crippen molar-refractivity contribution in [3.05, 3.63) is 34.9 Å². The van der Waals surface area contributed by atoms with Gasteiger partial charge in [0.05, 0.1) is 6.61 Å². The van der Waals surface area contributed by atoms with Crippen LogP contribution < -0.4 is 0 Å². The van der Waals surface area contributed by atoms with Gasteiger partial charge in [-0.25, -0.2) is 0 Å². The van der Waals surface area contributed by atoms with Crippen molar-refractivity contribution in [2.45, 2.75) is 59.0 Å². The van der Waals surface area contributed by atoms with Crippen LogP contribution in [0.4, 0.5) is 0 Å². The molecule has 0 fully saturated rings. The van der Waals surface area contributed by atoms with Gasteiger partial charge in [-0.15, -0.1) is 0 Å². The summed E-state index contributed by atoms with van der Waals surface area (Å²) >= 11 is 0. The first-order chi connectivity index (χ1) is 11.2. The Labute approximate surface area is 149 Å². The molecule has 0 saturated heterocycles. The molecule has 0 aromatic rings. The fourth-order valence-electron chi connectivity index (χ4n) is 1.97. The topological polar surface area (TPSA) is 124 Å². The van der Waals surface area contributed by atoms with E-state index in [2.05, 4.69) is 0 Å². The third-order valence-electron chi connectivity index (χ3n) is 3.52. The van der Waals surface area contributed by atoms with Gasteiger partial charge in [-0.1, -0.05) is 34.9 Å². The second-order valence-corrected chi connectivity index (χ2v) is 10.5. The van der Waals surface area contributed by atoms with Crippen molar-refractivity contribution in [2.75, 3.05) is 6.61 Å². The standard InChI is InChI=1S/C16H30O7P2/c1-13(2)7-6-8-15(5)9-11-16(24(17,18)19,25(20,21)22)23-12-10-14(3)4/h7,9-10H,6,8,11-12H2,1-5H3,(H2,17,18,19)(H2,20,21,22)/b15-9+. The molecule has 0 heterocycles. The monoisotopic (exact) mass is 396 g/mol. The van der Waals surface area contributed by atoms with Crippen molar-refractivity contribution in [3.8, 4) is 0 Å². The van der Waals surface area contributed by atoms with E-state index in [9.17, 15) is 28.7 Å². The summed E-state index contributed by atoms with van der Waals surface area (Å²) in [6.07, 6.45) is 5.74. The first-order valence-electron chi connectivity index (χ1n) is 7.90. The summed E-state index contributed by atoms with van der Waals surface area (Å²) in [5.41, 5.74) is 2.73. The Morgan fingerprint density at radius 3 is 1.76 bits per heavy atom. The van der Waals surface area contributed by atoms with Gasteiger partial charge in [-0.2, -0.15) is 0 Å². The van der Waals surface area contributed by atoms with Gasteiger partial charge in [0.25, 0.3) is 5.08 Å². The Kier molecular flexibility index (Phi) is 9.77. The number of hydrogen-bond donors (Lipinski definition) is 4. The lowest BCUT2D eigenvalue weighted by Crippen LogP contribution is -2.32. The average Bonchev–Trinajstić information content (AvgIpc) is 2.38. The zero-order valence-corrected chi connectivity index (χ0v) is 17.3. The second-order valence-electron chi connectivity index (χ2n) is 6.50. The molecule has 4 N–H and O–H groups in total. The minimum atomic E-state index is -5.26. The molecular weight excluding hydrogens is 366 g/mol. The number of allylic oxidation sites excluding steroid dienone is 4. The number of ether oxygens (including phenoxy) is 1. The lowest BCUT2D eigenvalue weighted by molar-refractivity contribution is 0.0557. The molecule has 0 aliphatic rings. The summed E-state index contributed by atoms with van der Waals surface area (Å²) in [5, 5.41) is -2.87. The summed E-state index contributed by atoms with van der Waals surface area (Å²) in [4.78, 5) is 38.5. The summed E-state index contributed by atoms with van der Waals surface area (Å²) < 4.78 is 28.9. The minimum absolute atomic E-state index is 0.302. The third kappa shape index (κ3) is 8.14. The van der Waals surface area contributed by atoms with E-state index in [0.29, 0.717) is 6.42 Å². The van der Waals surface area contributed by atoms with Crippen LogP contribution in [-0.2, 0) is 13.9 Å². The van der Waals surface area contributed by atoms with E-state index in [0.717, 1.165) is 23.1 Å². The molecule has 0 atom stereocenters. The summed E-state index contributed by atoms with van der Waals surface area (Å²) in [7, 11) is -10.5. The molecule has 0 aromatic heterocycles. The molecule has 0 amide bonds. The van der Waals surface area contributed by atoms with Gasteiger partial charge in [0, 0.05) is 6.42 Å².